The molecule has 2 atom stereocenters. The van der Waals surface area contributed by atoms with Gasteiger partial charge in [-0.3, -0.25) is 0 Å². The quantitative estimate of drug-likeness (QED) is 0.105. The number of allylic oxidation sites excluding steroid dienone is 2. The fourth-order valence-corrected chi connectivity index (χ4v) is 34.4. The van der Waals surface area contributed by atoms with Crippen LogP contribution in [0.15, 0.2) is 157 Å². The first-order valence-electron chi connectivity index (χ1n) is 21.2. The smallest absolute Gasteiger partial charge is 1.00 e. The van der Waals surface area contributed by atoms with Crippen molar-refractivity contribution in [3.05, 3.63) is 179 Å². The van der Waals surface area contributed by atoms with Gasteiger partial charge in [-0.1, -0.05) is 0 Å². The zero-order valence-corrected chi connectivity index (χ0v) is 38.5. The monoisotopic (exact) mass is 958 g/mol. The summed E-state index contributed by atoms with van der Waals surface area (Å²) >= 11 is -3.26. The van der Waals surface area contributed by atoms with E-state index in [1.165, 1.54) is 117 Å². The molecule has 286 valence electrons. The minimum atomic E-state index is -3.26. The fourth-order valence-electron chi connectivity index (χ4n) is 11.7. The van der Waals surface area contributed by atoms with Gasteiger partial charge in [0.05, 0.1) is 0 Å². The molecule has 2 aliphatic carbocycles. The molecule has 0 nitrogen and oxygen atoms in total. The van der Waals surface area contributed by atoms with Crippen molar-refractivity contribution >= 4 is 55.2 Å². The Morgan fingerprint density at radius 2 is 0.810 bits per heavy atom. The van der Waals surface area contributed by atoms with Gasteiger partial charge in [0.2, 0.25) is 0 Å². The van der Waals surface area contributed by atoms with Crippen LogP contribution in [0.5, 0.6) is 0 Å². The Morgan fingerprint density at radius 3 is 1.14 bits per heavy atom. The summed E-state index contributed by atoms with van der Waals surface area (Å²) in [5.41, 5.74) is 15.5. The summed E-state index contributed by atoms with van der Waals surface area (Å²) in [6, 6.07) is 55.8. The van der Waals surface area contributed by atoms with Gasteiger partial charge in [0.15, 0.2) is 0 Å². The van der Waals surface area contributed by atoms with Crippen LogP contribution in [0.2, 0.25) is 8.35 Å². The van der Waals surface area contributed by atoms with Crippen molar-refractivity contribution < 1.29 is 44.8 Å². The van der Waals surface area contributed by atoms with Crippen LogP contribution in [0.4, 0.5) is 0 Å². The number of fused-ring (bicyclic) bond motifs is 6. The summed E-state index contributed by atoms with van der Waals surface area (Å²) in [5.74, 6) is 0. The van der Waals surface area contributed by atoms with Crippen molar-refractivity contribution in [2.24, 2.45) is 0 Å². The van der Waals surface area contributed by atoms with Crippen LogP contribution < -0.4 is 24.8 Å². The van der Waals surface area contributed by atoms with Gasteiger partial charge >= 0.3 is 338 Å². The van der Waals surface area contributed by atoms with Gasteiger partial charge in [0.25, 0.3) is 0 Å². The molecule has 2 unspecified atom stereocenters. The first-order valence-corrected chi connectivity index (χ1v) is 30.4. The van der Waals surface area contributed by atoms with Crippen molar-refractivity contribution in [1.82, 2.24) is 0 Å². The van der Waals surface area contributed by atoms with E-state index < -0.39 is 20.0 Å². The Bertz CT molecular complexity index is 2640. The Labute approximate surface area is 360 Å². The largest absolute Gasteiger partial charge is 1.00 e. The molecule has 0 aromatic heterocycles. The van der Waals surface area contributed by atoms with Crippen LogP contribution in [0.25, 0.3) is 77.5 Å². The molecule has 0 radical (unpaired) electrons. The molecule has 0 N–H and O–H groups in total. The summed E-state index contributed by atoms with van der Waals surface area (Å²) in [4.78, 5) is 0. The maximum absolute atomic E-state index is 3.26. The summed E-state index contributed by atoms with van der Waals surface area (Å²) in [7, 11) is 0. The van der Waals surface area contributed by atoms with Crippen molar-refractivity contribution in [3.8, 4) is 22.3 Å². The number of rotatable bonds is 8. The second-order valence-corrected chi connectivity index (χ2v) is 33.5. The van der Waals surface area contributed by atoms with Crippen LogP contribution >= 0.6 is 0 Å². The first kappa shape index (κ1) is 39.2. The van der Waals surface area contributed by atoms with E-state index >= 15 is 0 Å². The maximum atomic E-state index is 2.72. The normalized spacial score (nSPS) is 17.1. The van der Waals surface area contributed by atoms with E-state index in [1.807, 2.05) is 0 Å². The Kier molecular flexibility index (Phi) is 10.6. The molecule has 0 amide bonds. The molecule has 1 aliphatic heterocycles. The molecule has 1 saturated heterocycles. The van der Waals surface area contributed by atoms with Crippen LogP contribution in [0.3, 0.4) is 0 Å². The fraction of sp³-hybridized carbons (Fsp3) is 0.200. The van der Waals surface area contributed by atoms with E-state index in [2.05, 4.69) is 172 Å². The topological polar surface area (TPSA) is 0 Å². The third-order valence-electron chi connectivity index (χ3n) is 13.9. The molecule has 1 heterocycles. The standard InChI is InChI=1S/2C26H21.C3H6.2ClH.Hf/c2*1-2-8-18-15-19-11-7-14-24(25(19)16-18)26-22-12-5-3-9-20(22)17-21-10-4-6-13-23(21)26;1-3-2;;;/h2*3-7,9-17H,2,8H2,1H3;1-3H2;2*1H;/q;;;;;+2/p-2. The summed E-state index contributed by atoms with van der Waals surface area (Å²) in [6.45, 7) is 4.80. The molecule has 8 aromatic carbocycles. The van der Waals surface area contributed by atoms with Crippen molar-refractivity contribution in [3.63, 3.8) is 0 Å². The van der Waals surface area contributed by atoms with Gasteiger partial charge in [-0.25, -0.2) is 0 Å². The Morgan fingerprint density at radius 1 is 0.448 bits per heavy atom. The van der Waals surface area contributed by atoms with E-state index in [1.54, 1.807) is 22.3 Å². The van der Waals surface area contributed by atoms with E-state index in [0.717, 1.165) is 0 Å². The third-order valence-corrected chi connectivity index (χ3v) is 36.3. The third kappa shape index (κ3) is 5.94. The molecule has 0 saturated carbocycles. The summed E-state index contributed by atoms with van der Waals surface area (Å²) < 4.78 is 4.24. The van der Waals surface area contributed by atoms with Gasteiger partial charge in [0, 0.05) is 0 Å². The van der Waals surface area contributed by atoms with Gasteiger partial charge in [-0.05, 0) is 0 Å². The molecule has 1 fully saturated rings. The predicted octanol–water partition coefficient (Wildman–Crippen LogP) is 10.2. The summed E-state index contributed by atoms with van der Waals surface area (Å²) in [6.07, 6.45) is 11.6. The molecule has 58 heavy (non-hydrogen) atoms. The first-order chi connectivity index (χ1) is 27.7. The summed E-state index contributed by atoms with van der Waals surface area (Å²) in [5, 5.41) is 10.8. The molecule has 3 heteroatoms. The minimum Gasteiger partial charge on any atom is -1.00 e. The SMILES string of the molecule is CCCC1=Cc2c(-c3c4ccccc4cc4ccccc34)cccc2[CH]1[Hf+2]1([CH]2C(CCC)=Cc3c(-c4c5ccccc5cc5ccccc45)cccc32)[CH2]C[CH2]1.[Cl-].[Cl-]. The molecule has 11 rings (SSSR count). The number of halogens is 2. The Hall–Kier alpha value is -4.27. The average Bonchev–Trinajstić information content (AvgIpc) is 3.78. The van der Waals surface area contributed by atoms with E-state index in [4.69, 9.17) is 0 Å². The molecular weight excluding hydrogens is 910 g/mol. The molecular formula is C55H48Cl2Hf. The van der Waals surface area contributed by atoms with Crippen LogP contribution in [-0.4, -0.2) is 0 Å². The molecule has 3 aliphatic rings. The van der Waals surface area contributed by atoms with Crippen molar-refractivity contribution in [1.29, 1.82) is 0 Å². The number of hydrogen-bond donors (Lipinski definition) is 0. The van der Waals surface area contributed by atoms with Gasteiger partial charge < -0.3 is 24.8 Å². The number of hydrogen-bond acceptors (Lipinski definition) is 0. The molecule has 0 spiro atoms. The second kappa shape index (κ2) is 15.7. The van der Waals surface area contributed by atoms with Gasteiger partial charge in [-0.15, -0.1) is 0 Å². The maximum Gasteiger partial charge on any atom is -1.00 e. The average molecular weight is 958 g/mol. The van der Waals surface area contributed by atoms with Crippen LogP contribution in [0, 0.1) is 0 Å². The Balaban J connectivity index is 0.00000218. The van der Waals surface area contributed by atoms with Crippen LogP contribution in [-0.2, 0) is 20.0 Å². The predicted molar refractivity (Wildman–Crippen MR) is 239 cm³/mol. The van der Waals surface area contributed by atoms with Gasteiger partial charge in [-0.2, -0.15) is 0 Å². The second-order valence-electron chi connectivity index (χ2n) is 16.9. The van der Waals surface area contributed by atoms with E-state index in [9.17, 15) is 0 Å². The molecule has 8 aromatic rings. The van der Waals surface area contributed by atoms with Crippen molar-refractivity contribution in [2.75, 3.05) is 0 Å². The zero-order valence-electron chi connectivity index (χ0n) is 33.4. The van der Waals surface area contributed by atoms with Crippen LogP contribution in [0.1, 0.15) is 75.6 Å². The van der Waals surface area contributed by atoms with Crippen molar-refractivity contribution in [2.45, 2.75) is 61.7 Å². The van der Waals surface area contributed by atoms with E-state index in [-0.39, 0.29) is 24.8 Å². The van der Waals surface area contributed by atoms with E-state index in [0.29, 0.717) is 7.35 Å². The minimum absolute atomic E-state index is 0. The molecule has 0 bridgehead atoms. The zero-order chi connectivity index (χ0) is 37.4. The van der Waals surface area contributed by atoms with Gasteiger partial charge in [0.1, 0.15) is 0 Å². The number of benzene rings is 8.